The van der Waals surface area contributed by atoms with Gasteiger partial charge in [-0.05, 0) is 37.1 Å². The molecular formula is C20H19F3N4O3S. The Labute approximate surface area is 177 Å². The zero-order valence-corrected chi connectivity index (χ0v) is 17.5. The van der Waals surface area contributed by atoms with E-state index >= 15 is 0 Å². The fourth-order valence-corrected chi connectivity index (χ4v) is 4.31. The van der Waals surface area contributed by atoms with Gasteiger partial charge in [-0.2, -0.15) is 21.6 Å². The third kappa shape index (κ3) is 4.61. The van der Waals surface area contributed by atoms with Gasteiger partial charge in [-0.3, -0.25) is 9.78 Å². The summed E-state index contributed by atoms with van der Waals surface area (Å²) in [6.07, 6.45) is -1.51. The van der Waals surface area contributed by atoms with E-state index in [0.29, 0.717) is 27.3 Å². The van der Waals surface area contributed by atoms with Gasteiger partial charge in [0.2, 0.25) is 0 Å². The van der Waals surface area contributed by atoms with Crippen LogP contribution in [0.3, 0.4) is 0 Å². The molecule has 0 saturated carbocycles. The fraction of sp³-hybridized carbons (Fsp3) is 0.250. The summed E-state index contributed by atoms with van der Waals surface area (Å²) in [5.74, 6) is -1.26. The highest BCUT2D eigenvalue weighted by atomic mass is 32.2. The number of halogens is 3. The van der Waals surface area contributed by atoms with E-state index in [9.17, 15) is 26.4 Å². The molecule has 0 aliphatic heterocycles. The lowest BCUT2D eigenvalue weighted by Crippen LogP contribution is -2.45. The molecule has 0 bridgehead atoms. The van der Waals surface area contributed by atoms with Crippen molar-refractivity contribution in [2.45, 2.75) is 37.8 Å². The summed E-state index contributed by atoms with van der Waals surface area (Å²) < 4.78 is 68.0. The van der Waals surface area contributed by atoms with Gasteiger partial charge in [-0.15, -0.1) is 4.41 Å². The number of hydrogen-bond acceptors (Lipinski definition) is 5. The van der Waals surface area contributed by atoms with Gasteiger partial charge in [-0.25, -0.2) is 9.66 Å². The van der Waals surface area contributed by atoms with E-state index in [1.807, 2.05) is 0 Å². The topological polar surface area (TPSA) is 85.2 Å². The number of imidazole rings is 1. The van der Waals surface area contributed by atoms with Crippen LogP contribution in [0.25, 0.3) is 11.4 Å². The average Bonchev–Trinajstić information content (AvgIpc) is 3.14. The first-order valence-corrected chi connectivity index (χ1v) is 10.7. The Morgan fingerprint density at radius 3 is 2.42 bits per heavy atom. The van der Waals surface area contributed by atoms with Crippen LogP contribution in [-0.2, 0) is 21.0 Å². The molecule has 0 atom stereocenters. The molecule has 0 aliphatic carbocycles. The van der Waals surface area contributed by atoms with Gasteiger partial charge in [0, 0.05) is 24.4 Å². The van der Waals surface area contributed by atoms with E-state index in [4.69, 9.17) is 0 Å². The van der Waals surface area contributed by atoms with Gasteiger partial charge in [-0.1, -0.05) is 25.1 Å². The smallest absolute Gasteiger partial charge is 0.272 e. The van der Waals surface area contributed by atoms with Crippen molar-refractivity contribution in [1.82, 2.24) is 14.6 Å². The molecule has 3 aromatic rings. The van der Waals surface area contributed by atoms with Gasteiger partial charge >= 0.3 is 6.18 Å². The van der Waals surface area contributed by atoms with Gasteiger partial charge in [0.05, 0.1) is 11.1 Å². The van der Waals surface area contributed by atoms with Gasteiger partial charge < -0.3 is 0 Å². The number of hydrogen-bond donors (Lipinski definition) is 0. The van der Waals surface area contributed by atoms with Crippen LogP contribution < -0.4 is 4.41 Å². The molecule has 11 heteroatoms. The molecule has 2 heterocycles. The van der Waals surface area contributed by atoms with E-state index in [1.165, 1.54) is 42.7 Å². The number of amides is 1. The largest absolute Gasteiger partial charge is 0.434 e. The molecule has 0 fully saturated rings. The number of benzene rings is 1. The molecule has 0 unspecified atom stereocenters. The number of alkyl halides is 3. The number of carbonyl (C=O) groups excluding carboxylic acids is 1. The number of sulfonamides is 1. The fourth-order valence-electron chi connectivity index (χ4n) is 2.89. The second-order valence-corrected chi connectivity index (χ2v) is 8.52. The van der Waals surface area contributed by atoms with Crippen molar-refractivity contribution < 1.29 is 26.4 Å². The van der Waals surface area contributed by atoms with E-state index in [0.717, 1.165) is 0 Å². The molecule has 2 aromatic heterocycles. The zero-order chi connectivity index (χ0) is 22.8. The summed E-state index contributed by atoms with van der Waals surface area (Å²) in [5, 5.41) is 0. The van der Waals surface area contributed by atoms with Crippen molar-refractivity contribution >= 4 is 15.9 Å². The van der Waals surface area contributed by atoms with E-state index < -0.39 is 27.8 Å². The molecule has 0 N–H and O–H groups in total. The highest BCUT2D eigenvalue weighted by Crippen LogP contribution is 2.32. The first-order valence-electron chi connectivity index (χ1n) is 9.27. The van der Waals surface area contributed by atoms with Crippen molar-refractivity contribution in [2.24, 2.45) is 0 Å². The van der Waals surface area contributed by atoms with Gasteiger partial charge in [0.1, 0.15) is 0 Å². The molecule has 0 radical (unpaired) electrons. The van der Waals surface area contributed by atoms with Crippen LogP contribution in [0, 0.1) is 6.92 Å². The number of aromatic nitrogens is 3. The van der Waals surface area contributed by atoms with Crippen LogP contribution in [-0.4, -0.2) is 29.0 Å². The first-order chi connectivity index (χ1) is 14.6. The van der Waals surface area contributed by atoms with Crippen molar-refractivity contribution in [3.8, 4) is 11.4 Å². The van der Waals surface area contributed by atoms with E-state index in [-0.39, 0.29) is 22.7 Å². The molecule has 1 aromatic carbocycles. The summed E-state index contributed by atoms with van der Waals surface area (Å²) in [5.41, 5.74) is -0.576. The standard InChI is InChI=1S/C20H19F3N4O3S/c1-3-7-18(28)27(31(29,30)16-8-5-4-6-9-16)26-13-17(20(21,22)23)25-19(26)15-10-14(2)11-24-12-15/h4-6,8-13H,3,7H2,1-2H3. The minimum atomic E-state index is -4.85. The summed E-state index contributed by atoms with van der Waals surface area (Å²) in [6.45, 7) is 3.33. The molecule has 7 nitrogen and oxygen atoms in total. The van der Waals surface area contributed by atoms with Crippen LogP contribution in [0.4, 0.5) is 13.2 Å². The second-order valence-electron chi connectivity index (χ2n) is 6.75. The molecule has 0 spiro atoms. The van der Waals surface area contributed by atoms with E-state index in [1.54, 1.807) is 19.9 Å². The maximum Gasteiger partial charge on any atom is 0.434 e. The quantitative estimate of drug-likeness (QED) is 0.566. The summed E-state index contributed by atoms with van der Waals surface area (Å²) in [7, 11) is -4.53. The molecule has 1 amide bonds. The average molecular weight is 452 g/mol. The number of carbonyl (C=O) groups is 1. The number of pyridine rings is 1. The van der Waals surface area contributed by atoms with Crippen molar-refractivity contribution in [3.63, 3.8) is 0 Å². The third-order valence-electron chi connectivity index (χ3n) is 4.25. The number of aryl methyl sites for hydroxylation is 1. The van der Waals surface area contributed by atoms with E-state index in [2.05, 4.69) is 9.97 Å². The Hall–Kier alpha value is -3.21. The van der Waals surface area contributed by atoms with Gasteiger partial charge in [0.15, 0.2) is 11.5 Å². The second kappa shape index (κ2) is 8.50. The first kappa shape index (κ1) is 22.5. The monoisotopic (exact) mass is 452 g/mol. The Balaban J connectivity index is 2.30. The van der Waals surface area contributed by atoms with Crippen molar-refractivity contribution in [2.75, 3.05) is 4.41 Å². The molecule has 31 heavy (non-hydrogen) atoms. The highest BCUT2D eigenvalue weighted by molar-refractivity contribution is 7.93. The van der Waals surface area contributed by atoms with Crippen LogP contribution >= 0.6 is 0 Å². The van der Waals surface area contributed by atoms with Crippen LogP contribution in [0.2, 0.25) is 0 Å². The predicted molar refractivity (Wildman–Crippen MR) is 107 cm³/mol. The molecule has 3 rings (SSSR count). The Bertz CT molecular complexity index is 1190. The lowest BCUT2D eigenvalue weighted by Gasteiger charge is -2.24. The maximum atomic E-state index is 13.5. The highest BCUT2D eigenvalue weighted by Gasteiger charge is 2.39. The Morgan fingerprint density at radius 2 is 1.84 bits per heavy atom. The molecule has 0 aliphatic rings. The summed E-state index contributed by atoms with van der Waals surface area (Å²) in [4.78, 5) is 20.2. The number of nitrogens with zero attached hydrogens (tertiary/aromatic N) is 4. The minimum Gasteiger partial charge on any atom is -0.272 e. The number of rotatable bonds is 6. The zero-order valence-electron chi connectivity index (χ0n) is 16.7. The predicted octanol–water partition coefficient (Wildman–Crippen LogP) is 3.93. The molecule has 164 valence electrons. The minimum absolute atomic E-state index is 0.132. The lowest BCUT2D eigenvalue weighted by atomic mass is 10.2. The van der Waals surface area contributed by atoms with Crippen LogP contribution in [0.15, 0.2) is 59.9 Å². The van der Waals surface area contributed by atoms with Gasteiger partial charge in [0.25, 0.3) is 15.9 Å². The SMILES string of the molecule is CCCC(=O)N(n1cc(C(F)(F)F)nc1-c1cncc(C)c1)S(=O)(=O)c1ccccc1. The Kier molecular flexibility index (Phi) is 6.16. The summed E-state index contributed by atoms with van der Waals surface area (Å²) >= 11 is 0. The normalized spacial score (nSPS) is 12.0. The van der Waals surface area contributed by atoms with Crippen molar-refractivity contribution in [3.05, 3.63) is 66.2 Å². The lowest BCUT2D eigenvalue weighted by molar-refractivity contribution is -0.141. The van der Waals surface area contributed by atoms with Crippen molar-refractivity contribution in [1.29, 1.82) is 0 Å². The molecular weight excluding hydrogens is 433 g/mol. The van der Waals surface area contributed by atoms with Crippen LogP contribution in [0.5, 0.6) is 0 Å². The Morgan fingerprint density at radius 1 is 1.16 bits per heavy atom. The third-order valence-corrected chi connectivity index (χ3v) is 5.96. The molecule has 0 saturated heterocycles. The van der Waals surface area contributed by atoms with Crippen LogP contribution in [0.1, 0.15) is 31.0 Å². The summed E-state index contributed by atoms with van der Waals surface area (Å²) in [6, 6.07) is 8.52. The maximum absolute atomic E-state index is 13.5.